The number of hydrogen-bond donors (Lipinski definition) is 3. The van der Waals surface area contributed by atoms with Gasteiger partial charge in [-0.2, -0.15) is 0 Å². The average molecular weight is 304 g/mol. The Morgan fingerprint density at radius 3 is 2.58 bits per heavy atom. The molecule has 0 atom stereocenters. The normalized spacial score (nSPS) is 19.4. The third-order valence-corrected chi connectivity index (χ3v) is 6.61. The number of rotatable bonds is 5. The molecular weight excluding hydrogens is 284 g/mol. The number of nitrogen functional groups attached to an aromatic ring is 1. The Hall–Kier alpha value is -0.630. The standard InChI is InChI=1S/C12H20N2O3S2/c13-10-6-11(18-7-10)19(16,17)14-8-12(9-15)4-2-1-3-5-12/h6-7,14-15H,1-5,8-9,13H2. The Kier molecular flexibility index (Phi) is 4.50. The van der Waals surface area contributed by atoms with Gasteiger partial charge in [-0.3, -0.25) is 0 Å². The molecule has 1 heterocycles. The van der Waals surface area contributed by atoms with Gasteiger partial charge in [-0.1, -0.05) is 19.3 Å². The van der Waals surface area contributed by atoms with Crippen molar-refractivity contribution >= 4 is 27.0 Å². The lowest BCUT2D eigenvalue weighted by atomic mass is 9.75. The number of hydrogen-bond acceptors (Lipinski definition) is 5. The van der Waals surface area contributed by atoms with Gasteiger partial charge >= 0.3 is 0 Å². The number of nitrogens with one attached hydrogen (secondary N) is 1. The second-order valence-corrected chi connectivity index (χ2v) is 8.15. The van der Waals surface area contributed by atoms with Crippen molar-refractivity contribution < 1.29 is 13.5 Å². The SMILES string of the molecule is Nc1csc(S(=O)(=O)NCC2(CO)CCCCC2)c1. The van der Waals surface area contributed by atoms with E-state index in [0.29, 0.717) is 12.2 Å². The van der Waals surface area contributed by atoms with E-state index in [1.165, 1.54) is 6.07 Å². The van der Waals surface area contributed by atoms with Crippen LogP contribution in [-0.4, -0.2) is 26.7 Å². The van der Waals surface area contributed by atoms with Crippen molar-refractivity contribution in [3.63, 3.8) is 0 Å². The van der Waals surface area contributed by atoms with E-state index >= 15 is 0 Å². The van der Waals surface area contributed by atoms with Gasteiger partial charge in [0.25, 0.3) is 0 Å². The van der Waals surface area contributed by atoms with Gasteiger partial charge in [-0.15, -0.1) is 11.3 Å². The molecule has 5 nitrogen and oxygen atoms in total. The maximum absolute atomic E-state index is 12.1. The van der Waals surface area contributed by atoms with Crippen molar-refractivity contribution in [2.45, 2.75) is 36.3 Å². The number of sulfonamides is 1. The van der Waals surface area contributed by atoms with Gasteiger partial charge in [0.15, 0.2) is 0 Å². The maximum Gasteiger partial charge on any atom is 0.250 e. The van der Waals surface area contributed by atoms with Crippen molar-refractivity contribution in [2.75, 3.05) is 18.9 Å². The molecule has 1 aromatic heterocycles. The molecule has 19 heavy (non-hydrogen) atoms. The van der Waals surface area contributed by atoms with Gasteiger partial charge in [0.1, 0.15) is 4.21 Å². The quantitative estimate of drug-likeness (QED) is 0.769. The van der Waals surface area contributed by atoms with Gasteiger partial charge in [0, 0.05) is 29.6 Å². The van der Waals surface area contributed by atoms with E-state index in [9.17, 15) is 13.5 Å². The van der Waals surface area contributed by atoms with E-state index in [1.807, 2.05) is 0 Å². The van der Waals surface area contributed by atoms with Crippen molar-refractivity contribution in [3.8, 4) is 0 Å². The second-order valence-electron chi connectivity index (χ2n) is 5.24. The number of aliphatic hydroxyl groups excluding tert-OH is 1. The Morgan fingerprint density at radius 1 is 1.37 bits per heavy atom. The van der Waals surface area contributed by atoms with E-state index in [0.717, 1.165) is 43.4 Å². The van der Waals surface area contributed by atoms with E-state index in [4.69, 9.17) is 5.73 Å². The minimum Gasteiger partial charge on any atom is -0.398 e. The zero-order valence-electron chi connectivity index (χ0n) is 10.8. The molecule has 0 spiro atoms. The topological polar surface area (TPSA) is 92.4 Å². The first-order valence-electron chi connectivity index (χ1n) is 6.42. The van der Waals surface area contributed by atoms with E-state index in [-0.39, 0.29) is 16.2 Å². The van der Waals surface area contributed by atoms with Crippen LogP contribution in [-0.2, 0) is 10.0 Å². The Labute approximate surface area is 117 Å². The summed E-state index contributed by atoms with van der Waals surface area (Å²) in [6, 6.07) is 1.46. The monoisotopic (exact) mass is 304 g/mol. The van der Waals surface area contributed by atoms with Crippen LogP contribution in [0, 0.1) is 5.41 Å². The van der Waals surface area contributed by atoms with Crippen LogP contribution in [0.15, 0.2) is 15.7 Å². The molecule has 4 N–H and O–H groups in total. The van der Waals surface area contributed by atoms with Crippen LogP contribution in [0.25, 0.3) is 0 Å². The Morgan fingerprint density at radius 2 is 2.05 bits per heavy atom. The molecule has 2 rings (SSSR count). The third-order valence-electron chi connectivity index (χ3n) is 3.75. The lowest BCUT2D eigenvalue weighted by Crippen LogP contribution is -2.41. The van der Waals surface area contributed by atoms with E-state index < -0.39 is 10.0 Å². The minimum absolute atomic E-state index is 0.0299. The van der Waals surface area contributed by atoms with E-state index in [2.05, 4.69) is 4.72 Å². The zero-order chi connectivity index (χ0) is 13.9. The number of aliphatic hydroxyl groups is 1. The number of thiophene rings is 1. The first-order chi connectivity index (χ1) is 8.97. The zero-order valence-corrected chi connectivity index (χ0v) is 12.4. The molecule has 108 valence electrons. The lowest BCUT2D eigenvalue weighted by Gasteiger charge is -2.35. The second kappa shape index (κ2) is 5.78. The highest BCUT2D eigenvalue weighted by Gasteiger charge is 2.33. The molecule has 1 aliphatic rings. The van der Waals surface area contributed by atoms with Crippen molar-refractivity contribution in [3.05, 3.63) is 11.4 Å². The molecule has 1 aromatic rings. The molecule has 1 saturated carbocycles. The lowest BCUT2D eigenvalue weighted by molar-refractivity contribution is 0.0867. The van der Waals surface area contributed by atoms with Crippen LogP contribution in [0.3, 0.4) is 0 Å². The molecule has 0 aliphatic heterocycles. The van der Waals surface area contributed by atoms with Crippen LogP contribution in [0.1, 0.15) is 32.1 Å². The molecular formula is C12H20N2O3S2. The third kappa shape index (κ3) is 3.47. The van der Waals surface area contributed by atoms with Gasteiger partial charge in [-0.25, -0.2) is 13.1 Å². The molecule has 0 amide bonds. The van der Waals surface area contributed by atoms with Gasteiger partial charge < -0.3 is 10.8 Å². The highest BCUT2D eigenvalue weighted by molar-refractivity contribution is 7.91. The van der Waals surface area contributed by atoms with Crippen LogP contribution >= 0.6 is 11.3 Å². The summed E-state index contributed by atoms with van der Waals surface area (Å²) in [5.41, 5.74) is 5.71. The molecule has 0 saturated heterocycles. The van der Waals surface area contributed by atoms with Crippen molar-refractivity contribution in [1.29, 1.82) is 0 Å². The predicted octanol–water partition coefficient (Wildman–Crippen LogP) is 1.55. The molecule has 1 fully saturated rings. The van der Waals surface area contributed by atoms with Crippen LogP contribution in [0.2, 0.25) is 0 Å². The van der Waals surface area contributed by atoms with Gasteiger partial charge in [0.2, 0.25) is 10.0 Å². The molecule has 0 unspecified atom stereocenters. The fraction of sp³-hybridized carbons (Fsp3) is 0.667. The van der Waals surface area contributed by atoms with Crippen molar-refractivity contribution in [1.82, 2.24) is 4.72 Å². The smallest absolute Gasteiger partial charge is 0.250 e. The summed E-state index contributed by atoms with van der Waals surface area (Å²) in [4.78, 5) is 0. The number of anilines is 1. The van der Waals surface area contributed by atoms with Crippen LogP contribution in [0.4, 0.5) is 5.69 Å². The summed E-state index contributed by atoms with van der Waals surface area (Å²) >= 11 is 1.11. The number of nitrogens with two attached hydrogens (primary N) is 1. The van der Waals surface area contributed by atoms with Crippen molar-refractivity contribution in [2.24, 2.45) is 5.41 Å². The summed E-state index contributed by atoms with van der Waals surface area (Å²) < 4.78 is 27.1. The average Bonchev–Trinajstić information content (AvgIpc) is 2.85. The maximum atomic E-state index is 12.1. The Bertz CT molecular complexity index is 519. The molecule has 1 aliphatic carbocycles. The fourth-order valence-electron chi connectivity index (χ4n) is 2.48. The van der Waals surface area contributed by atoms with E-state index in [1.54, 1.807) is 5.38 Å². The van der Waals surface area contributed by atoms with Crippen LogP contribution < -0.4 is 10.5 Å². The van der Waals surface area contributed by atoms with Gasteiger partial charge in [0.05, 0.1) is 0 Å². The Balaban J connectivity index is 2.04. The molecule has 0 aromatic carbocycles. The first kappa shape index (κ1) is 14.8. The summed E-state index contributed by atoms with van der Waals surface area (Å²) in [7, 11) is -3.51. The summed E-state index contributed by atoms with van der Waals surface area (Å²) in [6.07, 6.45) is 5.01. The summed E-state index contributed by atoms with van der Waals surface area (Å²) in [5, 5.41) is 11.2. The minimum atomic E-state index is -3.51. The molecule has 0 radical (unpaired) electrons. The summed E-state index contributed by atoms with van der Waals surface area (Å²) in [5.74, 6) is 0. The highest BCUT2D eigenvalue weighted by atomic mass is 32.2. The molecule has 7 heteroatoms. The molecule has 0 bridgehead atoms. The first-order valence-corrected chi connectivity index (χ1v) is 8.78. The predicted molar refractivity (Wildman–Crippen MR) is 76.5 cm³/mol. The van der Waals surface area contributed by atoms with Gasteiger partial charge in [-0.05, 0) is 18.9 Å². The fourth-order valence-corrected chi connectivity index (χ4v) is 4.76. The largest absolute Gasteiger partial charge is 0.398 e. The van der Waals surface area contributed by atoms with Crippen LogP contribution in [0.5, 0.6) is 0 Å². The highest BCUT2D eigenvalue weighted by Crippen LogP contribution is 2.35. The summed E-state index contributed by atoms with van der Waals surface area (Å²) in [6.45, 7) is 0.325.